The quantitative estimate of drug-likeness (QED) is 0.851. The van der Waals surface area contributed by atoms with Crippen molar-refractivity contribution in [1.29, 1.82) is 0 Å². The average molecular weight is 283 g/mol. The highest BCUT2D eigenvalue weighted by molar-refractivity contribution is 7.60. The van der Waals surface area contributed by atoms with Crippen molar-refractivity contribution in [3.05, 3.63) is 60.2 Å². The Hall–Kier alpha value is -1.87. The minimum Gasteiger partial charge on any atom is -0.429 e. The van der Waals surface area contributed by atoms with Gasteiger partial charge in [0.15, 0.2) is 0 Å². The van der Waals surface area contributed by atoms with Crippen LogP contribution in [-0.4, -0.2) is 6.66 Å². The lowest BCUT2D eigenvalue weighted by Crippen LogP contribution is -2.02. The summed E-state index contributed by atoms with van der Waals surface area (Å²) >= 11 is 0. The third kappa shape index (κ3) is 4.07. The Labute approximate surface area is 109 Å². The van der Waals surface area contributed by atoms with E-state index in [-0.39, 0.29) is 5.82 Å². The van der Waals surface area contributed by atoms with Gasteiger partial charge < -0.3 is 9.61 Å². The fraction of sp³-hybridized carbons (Fsp3) is 0.0769. The summed E-state index contributed by atoms with van der Waals surface area (Å²) in [6.07, 6.45) is 0. The largest absolute Gasteiger partial charge is 0.429 e. The van der Waals surface area contributed by atoms with Gasteiger partial charge in [0.25, 0.3) is 0 Å². The Bertz CT molecular complexity index is 548. The molecule has 0 bridgehead atoms. The second-order valence-electron chi connectivity index (χ2n) is 4.01. The molecule has 0 fully saturated rings. The monoisotopic (exact) mass is 283 g/mol. The Balaban J connectivity index is 2.08. The molecule has 2 aromatic carbocycles. The normalized spacial score (nSPS) is 13.6. The summed E-state index contributed by atoms with van der Waals surface area (Å²) in [5.74, 6) is -0.484. The molecule has 2 rings (SSSR count). The summed E-state index contributed by atoms with van der Waals surface area (Å²) in [7, 11) is -3.16. The molecule has 0 aliphatic rings. The van der Waals surface area contributed by atoms with Crippen molar-refractivity contribution < 1.29 is 17.9 Å². The number of nitrogens with one attached hydrogen (secondary N) is 1. The van der Waals surface area contributed by atoms with Crippen LogP contribution in [0.25, 0.3) is 0 Å². The van der Waals surface area contributed by atoms with Crippen LogP contribution >= 0.6 is 7.52 Å². The smallest absolute Gasteiger partial charge is 0.338 e. The summed E-state index contributed by atoms with van der Waals surface area (Å²) in [6, 6.07) is 10.6. The third-order valence-electron chi connectivity index (χ3n) is 2.27. The minimum atomic E-state index is -3.16. The fourth-order valence-electron chi connectivity index (χ4n) is 1.48. The number of rotatable bonds is 4. The molecule has 0 radical (unpaired) electrons. The predicted octanol–water partition coefficient (Wildman–Crippen LogP) is 4.28. The molecule has 19 heavy (non-hydrogen) atoms. The lowest BCUT2D eigenvalue weighted by molar-refractivity contribution is 0.492. The van der Waals surface area contributed by atoms with Gasteiger partial charge in [0.2, 0.25) is 0 Å². The standard InChI is InChI=1S/C13H12F2NO2P/c1-19(17,16-12-6-2-10(14)3-7-12)18-13-8-4-11(15)5-9-13/h2-9H,1H3,(H,16,17)/t19-/m0/s1. The van der Waals surface area contributed by atoms with E-state index in [2.05, 4.69) is 5.09 Å². The molecular formula is C13H12F2NO2P. The van der Waals surface area contributed by atoms with Crippen molar-refractivity contribution in [1.82, 2.24) is 0 Å². The molecule has 100 valence electrons. The van der Waals surface area contributed by atoms with E-state index in [4.69, 9.17) is 4.52 Å². The summed E-state index contributed by atoms with van der Waals surface area (Å²) in [5.41, 5.74) is 0.481. The van der Waals surface area contributed by atoms with E-state index < -0.39 is 13.3 Å². The van der Waals surface area contributed by atoms with Crippen molar-refractivity contribution >= 4 is 13.2 Å². The summed E-state index contributed by atoms with van der Waals surface area (Å²) in [6.45, 7) is 1.39. The van der Waals surface area contributed by atoms with Crippen LogP contribution in [0.15, 0.2) is 48.5 Å². The number of hydrogen-bond donors (Lipinski definition) is 1. The Kier molecular flexibility index (Phi) is 3.86. The lowest BCUT2D eigenvalue weighted by atomic mass is 10.3. The number of benzene rings is 2. The molecular weight excluding hydrogens is 271 g/mol. The first-order chi connectivity index (χ1) is 8.94. The van der Waals surface area contributed by atoms with Gasteiger partial charge in [-0.2, -0.15) is 0 Å². The van der Waals surface area contributed by atoms with Gasteiger partial charge in [0.05, 0.1) is 0 Å². The van der Waals surface area contributed by atoms with Crippen LogP contribution in [-0.2, 0) is 4.57 Å². The van der Waals surface area contributed by atoms with Crippen LogP contribution in [0.3, 0.4) is 0 Å². The van der Waals surface area contributed by atoms with E-state index in [1.165, 1.54) is 55.2 Å². The van der Waals surface area contributed by atoms with Crippen molar-refractivity contribution in [2.75, 3.05) is 11.8 Å². The predicted molar refractivity (Wildman–Crippen MR) is 70.6 cm³/mol. The SMILES string of the molecule is C[P@@](=O)(Nc1ccc(F)cc1)Oc1ccc(F)cc1. The molecule has 1 atom stereocenters. The van der Waals surface area contributed by atoms with Gasteiger partial charge in [0.1, 0.15) is 17.4 Å². The molecule has 0 amide bonds. The molecule has 0 aliphatic heterocycles. The van der Waals surface area contributed by atoms with Crippen molar-refractivity contribution in [3.63, 3.8) is 0 Å². The molecule has 0 spiro atoms. The Morgan fingerprint density at radius 2 is 1.42 bits per heavy atom. The van der Waals surface area contributed by atoms with Crippen molar-refractivity contribution in [2.45, 2.75) is 0 Å². The Morgan fingerprint density at radius 3 is 1.95 bits per heavy atom. The highest BCUT2D eigenvalue weighted by atomic mass is 31.2. The van der Waals surface area contributed by atoms with E-state index in [0.717, 1.165) is 0 Å². The van der Waals surface area contributed by atoms with E-state index in [1.807, 2.05) is 0 Å². The molecule has 0 saturated heterocycles. The van der Waals surface area contributed by atoms with Gasteiger partial charge in [-0.05, 0) is 48.5 Å². The first-order valence-corrected chi connectivity index (χ1v) is 7.58. The maximum atomic E-state index is 12.7. The van der Waals surface area contributed by atoms with Gasteiger partial charge in [-0.3, -0.25) is 4.57 Å². The highest BCUT2D eigenvalue weighted by Gasteiger charge is 2.17. The van der Waals surface area contributed by atoms with Gasteiger partial charge in [0, 0.05) is 12.4 Å². The molecule has 0 heterocycles. The van der Waals surface area contributed by atoms with Gasteiger partial charge in [-0.25, -0.2) is 8.78 Å². The van der Waals surface area contributed by atoms with E-state index in [0.29, 0.717) is 11.4 Å². The minimum absolute atomic E-state index is 0.293. The zero-order valence-corrected chi connectivity index (χ0v) is 11.0. The number of halogens is 2. The topological polar surface area (TPSA) is 38.3 Å². The van der Waals surface area contributed by atoms with Crippen LogP contribution in [0.5, 0.6) is 5.75 Å². The van der Waals surface area contributed by atoms with Crippen LogP contribution in [0.1, 0.15) is 0 Å². The average Bonchev–Trinajstić information content (AvgIpc) is 2.34. The van der Waals surface area contributed by atoms with Gasteiger partial charge in [-0.15, -0.1) is 0 Å². The summed E-state index contributed by atoms with van der Waals surface area (Å²) in [4.78, 5) is 0. The van der Waals surface area contributed by atoms with Gasteiger partial charge in [-0.1, -0.05) is 0 Å². The molecule has 0 aromatic heterocycles. The lowest BCUT2D eigenvalue weighted by Gasteiger charge is -2.17. The fourth-order valence-corrected chi connectivity index (χ4v) is 2.67. The van der Waals surface area contributed by atoms with E-state index in [1.54, 1.807) is 0 Å². The van der Waals surface area contributed by atoms with Crippen LogP contribution in [0.2, 0.25) is 0 Å². The van der Waals surface area contributed by atoms with Gasteiger partial charge >= 0.3 is 7.52 Å². The zero-order valence-electron chi connectivity index (χ0n) is 10.1. The van der Waals surface area contributed by atoms with Crippen LogP contribution in [0.4, 0.5) is 14.5 Å². The van der Waals surface area contributed by atoms with Crippen LogP contribution < -0.4 is 9.61 Å². The summed E-state index contributed by atoms with van der Waals surface area (Å²) < 4.78 is 42.9. The maximum absolute atomic E-state index is 12.7. The van der Waals surface area contributed by atoms with E-state index >= 15 is 0 Å². The second-order valence-corrected chi connectivity index (χ2v) is 6.11. The molecule has 0 unspecified atom stereocenters. The molecule has 0 saturated carbocycles. The first kappa shape index (κ1) is 13.6. The molecule has 0 aliphatic carbocycles. The van der Waals surface area contributed by atoms with Crippen molar-refractivity contribution in [2.24, 2.45) is 0 Å². The maximum Gasteiger partial charge on any atom is 0.338 e. The van der Waals surface area contributed by atoms with Crippen molar-refractivity contribution in [3.8, 4) is 5.75 Å². The number of hydrogen-bond acceptors (Lipinski definition) is 2. The first-order valence-electron chi connectivity index (χ1n) is 5.51. The molecule has 1 N–H and O–H groups in total. The summed E-state index contributed by atoms with van der Waals surface area (Å²) in [5, 5.41) is 2.68. The van der Waals surface area contributed by atoms with E-state index in [9.17, 15) is 13.3 Å². The zero-order chi connectivity index (χ0) is 13.9. The van der Waals surface area contributed by atoms with Crippen LogP contribution in [0, 0.1) is 11.6 Å². The third-order valence-corrected chi connectivity index (χ3v) is 3.49. The number of anilines is 1. The molecule has 2 aromatic rings. The highest BCUT2D eigenvalue weighted by Crippen LogP contribution is 2.43. The Morgan fingerprint density at radius 1 is 0.947 bits per heavy atom. The second kappa shape index (κ2) is 5.41. The molecule has 3 nitrogen and oxygen atoms in total. The molecule has 6 heteroatoms.